The number of benzene rings is 2. The monoisotopic (exact) mass is 387 g/mol. The summed E-state index contributed by atoms with van der Waals surface area (Å²) < 4.78 is 5.77. The molecule has 1 heterocycles. The van der Waals surface area contributed by atoms with Crippen molar-refractivity contribution in [1.29, 1.82) is 0 Å². The first-order chi connectivity index (χ1) is 12.6. The van der Waals surface area contributed by atoms with E-state index in [1.807, 2.05) is 30.3 Å². The zero-order valence-corrected chi connectivity index (χ0v) is 15.1. The Bertz CT molecular complexity index is 904. The summed E-state index contributed by atoms with van der Waals surface area (Å²) in [6.07, 6.45) is 1.57. The summed E-state index contributed by atoms with van der Waals surface area (Å²) >= 11 is 11.8. The third kappa shape index (κ3) is 4.88. The maximum Gasteiger partial charge on any atom is 0.324 e. The topological polar surface area (TPSA) is 63.2 Å². The van der Waals surface area contributed by atoms with Gasteiger partial charge in [-0.2, -0.15) is 0 Å². The number of pyridine rings is 1. The number of anilines is 2. The molecule has 0 saturated heterocycles. The highest BCUT2D eigenvalue weighted by Crippen LogP contribution is 2.26. The first-order valence-electron chi connectivity index (χ1n) is 7.76. The molecule has 0 aliphatic rings. The second kappa shape index (κ2) is 8.56. The maximum absolute atomic E-state index is 12.2. The van der Waals surface area contributed by atoms with Gasteiger partial charge in [0.25, 0.3) is 0 Å². The van der Waals surface area contributed by atoms with Crippen LogP contribution in [0.2, 0.25) is 10.0 Å². The summed E-state index contributed by atoms with van der Waals surface area (Å²) in [5.74, 6) is 0.793. The first kappa shape index (κ1) is 18.0. The van der Waals surface area contributed by atoms with Crippen LogP contribution in [-0.2, 0) is 6.61 Å². The van der Waals surface area contributed by atoms with Crippen molar-refractivity contribution in [1.82, 2.24) is 4.98 Å². The molecule has 5 nitrogen and oxygen atoms in total. The van der Waals surface area contributed by atoms with Gasteiger partial charge in [-0.3, -0.25) is 5.32 Å². The van der Waals surface area contributed by atoms with E-state index in [9.17, 15) is 4.79 Å². The summed E-state index contributed by atoms with van der Waals surface area (Å²) in [6.45, 7) is 0.371. The number of ether oxygens (including phenoxy) is 1. The van der Waals surface area contributed by atoms with Crippen LogP contribution in [0.1, 0.15) is 5.56 Å². The highest BCUT2D eigenvalue weighted by molar-refractivity contribution is 6.42. The highest BCUT2D eigenvalue weighted by Gasteiger charge is 2.10. The van der Waals surface area contributed by atoms with Crippen molar-refractivity contribution >= 4 is 40.7 Å². The molecule has 0 saturated carbocycles. The van der Waals surface area contributed by atoms with Crippen molar-refractivity contribution in [2.75, 3.05) is 10.6 Å². The molecule has 0 atom stereocenters. The molecule has 0 spiro atoms. The summed E-state index contributed by atoms with van der Waals surface area (Å²) in [5, 5.41) is 6.11. The van der Waals surface area contributed by atoms with E-state index in [2.05, 4.69) is 15.6 Å². The Morgan fingerprint density at radius 2 is 1.77 bits per heavy atom. The Balaban J connectivity index is 1.65. The average Bonchev–Trinajstić information content (AvgIpc) is 2.65. The number of halogens is 2. The van der Waals surface area contributed by atoms with E-state index in [0.29, 0.717) is 33.9 Å². The molecular formula is C19H15Cl2N3O2. The molecule has 0 unspecified atom stereocenters. The van der Waals surface area contributed by atoms with Crippen molar-refractivity contribution < 1.29 is 9.53 Å². The van der Waals surface area contributed by atoms with Crippen LogP contribution >= 0.6 is 23.2 Å². The van der Waals surface area contributed by atoms with E-state index in [1.165, 1.54) is 0 Å². The normalized spacial score (nSPS) is 10.2. The van der Waals surface area contributed by atoms with Crippen LogP contribution in [0.15, 0.2) is 66.9 Å². The largest absolute Gasteiger partial charge is 0.485 e. The van der Waals surface area contributed by atoms with Crippen molar-refractivity contribution in [3.05, 3.63) is 82.5 Å². The first-order valence-corrected chi connectivity index (χ1v) is 8.52. The number of urea groups is 1. The molecule has 3 aromatic rings. The number of nitrogens with one attached hydrogen (secondary N) is 2. The Morgan fingerprint density at radius 3 is 2.54 bits per heavy atom. The lowest BCUT2D eigenvalue weighted by molar-refractivity contribution is 0.261. The smallest absolute Gasteiger partial charge is 0.324 e. The van der Waals surface area contributed by atoms with E-state index in [1.54, 1.807) is 36.5 Å². The summed E-state index contributed by atoms with van der Waals surface area (Å²) in [4.78, 5) is 16.4. The van der Waals surface area contributed by atoms with E-state index >= 15 is 0 Å². The molecule has 2 aromatic carbocycles. The van der Waals surface area contributed by atoms with Crippen LogP contribution in [0.4, 0.5) is 16.3 Å². The molecular weight excluding hydrogens is 373 g/mol. The number of carbonyl (C=O) groups is 1. The third-order valence-corrected chi connectivity index (χ3v) is 4.16. The molecule has 0 fully saturated rings. The molecule has 3 rings (SSSR count). The van der Waals surface area contributed by atoms with E-state index in [-0.39, 0.29) is 0 Å². The standard InChI is InChI=1S/C19H15Cl2N3O2/c20-15-9-8-14(11-16(15)21)23-19(25)24-18-17(7-4-10-22-18)26-12-13-5-2-1-3-6-13/h1-11H,12H2,(H2,22,23,24,25). The number of rotatable bonds is 5. The van der Waals surface area contributed by atoms with Crippen LogP contribution in [-0.4, -0.2) is 11.0 Å². The third-order valence-electron chi connectivity index (χ3n) is 3.42. The zero-order valence-electron chi connectivity index (χ0n) is 13.6. The minimum Gasteiger partial charge on any atom is -0.485 e. The van der Waals surface area contributed by atoms with Gasteiger partial charge < -0.3 is 10.1 Å². The Labute approximate surface area is 160 Å². The predicted octanol–water partition coefficient (Wildman–Crippen LogP) is 5.61. The molecule has 7 heteroatoms. The van der Waals surface area contributed by atoms with Gasteiger partial charge in [0, 0.05) is 11.9 Å². The average molecular weight is 388 g/mol. The Kier molecular flexibility index (Phi) is 5.94. The number of hydrogen-bond acceptors (Lipinski definition) is 3. The van der Waals surface area contributed by atoms with Gasteiger partial charge in [0.1, 0.15) is 6.61 Å². The molecule has 0 aliphatic heterocycles. The van der Waals surface area contributed by atoms with Crippen molar-refractivity contribution in [3.63, 3.8) is 0 Å². The van der Waals surface area contributed by atoms with E-state index in [0.717, 1.165) is 5.56 Å². The number of nitrogens with zero attached hydrogens (tertiary/aromatic N) is 1. The molecule has 0 bridgehead atoms. The molecule has 0 radical (unpaired) electrons. The summed E-state index contributed by atoms with van der Waals surface area (Å²) in [7, 11) is 0. The van der Waals surface area contributed by atoms with Crippen LogP contribution in [0.3, 0.4) is 0 Å². The zero-order chi connectivity index (χ0) is 18.4. The van der Waals surface area contributed by atoms with Gasteiger partial charge in [-0.1, -0.05) is 53.5 Å². The van der Waals surface area contributed by atoms with Gasteiger partial charge in [-0.15, -0.1) is 0 Å². The lowest BCUT2D eigenvalue weighted by Crippen LogP contribution is -2.20. The second-order valence-electron chi connectivity index (χ2n) is 5.33. The van der Waals surface area contributed by atoms with Crippen LogP contribution in [0.5, 0.6) is 5.75 Å². The summed E-state index contributed by atoms with van der Waals surface area (Å²) in [6, 6.07) is 17.6. The fraction of sp³-hybridized carbons (Fsp3) is 0.0526. The quantitative estimate of drug-likeness (QED) is 0.597. The van der Waals surface area contributed by atoms with Crippen molar-refractivity contribution in [2.24, 2.45) is 0 Å². The maximum atomic E-state index is 12.2. The van der Waals surface area contributed by atoms with Gasteiger partial charge >= 0.3 is 6.03 Å². The molecule has 2 amide bonds. The molecule has 0 aliphatic carbocycles. The van der Waals surface area contributed by atoms with E-state index in [4.69, 9.17) is 27.9 Å². The van der Waals surface area contributed by atoms with Gasteiger partial charge in [0.05, 0.1) is 10.0 Å². The second-order valence-corrected chi connectivity index (χ2v) is 6.15. The molecule has 2 N–H and O–H groups in total. The van der Waals surface area contributed by atoms with Crippen LogP contribution in [0, 0.1) is 0 Å². The molecule has 1 aromatic heterocycles. The summed E-state index contributed by atoms with van der Waals surface area (Å²) in [5.41, 5.74) is 1.53. The van der Waals surface area contributed by atoms with Crippen molar-refractivity contribution in [3.8, 4) is 5.75 Å². The van der Waals surface area contributed by atoms with Crippen LogP contribution < -0.4 is 15.4 Å². The molecule has 132 valence electrons. The number of carbonyl (C=O) groups excluding carboxylic acids is 1. The highest BCUT2D eigenvalue weighted by atomic mass is 35.5. The Hall–Kier alpha value is -2.76. The molecule has 26 heavy (non-hydrogen) atoms. The van der Waals surface area contributed by atoms with E-state index < -0.39 is 6.03 Å². The van der Waals surface area contributed by atoms with Gasteiger partial charge in [0.15, 0.2) is 11.6 Å². The lowest BCUT2D eigenvalue weighted by atomic mass is 10.2. The van der Waals surface area contributed by atoms with Gasteiger partial charge in [-0.25, -0.2) is 9.78 Å². The number of amides is 2. The fourth-order valence-corrected chi connectivity index (χ4v) is 2.48. The number of aromatic nitrogens is 1. The number of hydrogen-bond donors (Lipinski definition) is 2. The minimum atomic E-state index is -0.466. The predicted molar refractivity (Wildman–Crippen MR) is 104 cm³/mol. The SMILES string of the molecule is O=C(Nc1ccc(Cl)c(Cl)c1)Nc1ncccc1OCc1ccccc1. The van der Waals surface area contributed by atoms with Gasteiger partial charge in [-0.05, 0) is 35.9 Å². The van der Waals surface area contributed by atoms with Crippen LogP contribution in [0.25, 0.3) is 0 Å². The fourth-order valence-electron chi connectivity index (χ4n) is 2.18. The van der Waals surface area contributed by atoms with Crippen molar-refractivity contribution in [2.45, 2.75) is 6.61 Å². The minimum absolute atomic E-state index is 0.320. The Morgan fingerprint density at radius 1 is 0.962 bits per heavy atom. The lowest BCUT2D eigenvalue weighted by Gasteiger charge is -2.12. The van der Waals surface area contributed by atoms with Gasteiger partial charge in [0.2, 0.25) is 0 Å².